The van der Waals surface area contributed by atoms with Crippen LogP contribution in [0.4, 0.5) is 0 Å². The van der Waals surface area contributed by atoms with Gasteiger partial charge in [0.05, 0.1) is 26.7 Å². The molecule has 1 rings (SSSR count). The largest absolute Gasteiger partial charge is 0.493 e. The topological polar surface area (TPSA) is 65.0 Å². The molecule has 2 atom stereocenters. The zero-order chi connectivity index (χ0) is 19.0. The maximum absolute atomic E-state index is 12.3. The number of rotatable bonds is 11. The second-order valence-corrected chi connectivity index (χ2v) is 6.52. The fraction of sp³-hybridized carbons (Fsp3) is 0.650. The molecule has 0 aliphatic rings. The third kappa shape index (κ3) is 4.39. The molecule has 1 aromatic rings. The summed E-state index contributed by atoms with van der Waals surface area (Å²) in [4.78, 5) is 12.3. The molecule has 1 aromatic carbocycles. The summed E-state index contributed by atoms with van der Waals surface area (Å²) in [6.07, 6.45) is 4.93. The number of unbranched alkanes of at least 4 members (excludes halogenated alkanes) is 2. The number of carboxylic acids is 1. The molecule has 0 aliphatic heterocycles. The van der Waals surface area contributed by atoms with Crippen molar-refractivity contribution in [3.05, 3.63) is 17.7 Å². The van der Waals surface area contributed by atoms with Gasteiger partial charge in [-0.3, -0.25) is 4.79 Å². The van der Waals surface area contributed by atoms with Gasteiger partial charge in [-0.1, -0.05) is 39.5 Å². The third-order valence-corrected chi connectivity index (χ3v) is 5.17. The van der Waals surface area contributed by atoms with E-state index >= 15 is 0 Å². The van der Waals surface area contributed by atoms with Crippen LogP contribution in [-0.2, 0) is 10.2 Å². The van der Waals surface area contributed by atoms with Crippen LogP contribution in [0.25, 0.3) is 0 Å². The van der Waals surface area contributed by atoms with Crippen molar-refractivity contribution in [3.8, 4) is 17.2 Å². The molecule has 0 amide bonds. The molecule has 0 heterocycles. The molecule has 0 aromatic heterocycles. The Morgan fingerprint density at radius 3 is 2.00 bits per heavy atom. The minimum Gasteiger partial charge on any atom is -0.493 e. The van der Waals surface area contributed by atoms with E-state index in [0.29, 0.717) is 22.8 Å². The highest BCUT2D eigenvalue weighted by Crippen LogP contribution is 2.45. The molecule has 0 aliphatic carbocycles. The Kier molecular flexibility index (Phi) is 8.07. The van der Waals surface area contributed by atoms with Crippen molar-refractivity contribution >= 4 is 5.97 Å². The lowest BCUT2D eigenvalue weighted by molar-refractivity contribution is -0.145. The summed E-state index contributed by atoms with van der Waals surface area (Å²) in [6, 6.07) is 3.52. The average molecular weight is 352 g/mol. The Balaban J connectivity index is 3.44. The van der Waals surface area contributed by atoms with Gasteiger partial charge in [-0.2, -0.15) is 0 Å². The van der Waals surface area contributed by atoms with Gasteiger partial charge in [-0.25, -0.2) is 0 Å². The molecule has 0 radical (unpaired) electrons. The molecule has 0 saturated heterocycles. The van der Waals surface area contributed by atoms with Crippen LogP contribution in [0.15, 0.2) is 12.1 Å². The summed E-state index contributed by atoms with van der Waals surface area (Å²) < 4.78 is 16.2. The highest BCUT2D eigenvalue weighted by atomic mass is 16.5. The molecule has 0 spiro atoms. The molecule has 5 nitrogen and oxygen atoms in total. The first kappa shape index (κ1) is 21.1. The first-order valence-electron chi connectivity index (χ1n) is 8.94. The summed E-state index contributed by atoms with van der Waals surface area (Å²) in [5.74, 6) is 0.630. The zero-order valence-electron chi connectivity index (χ0n) is 16.3. The van der Waals surface area contributed by atoms with Crippen LogP contribution in [-0.4, -0.2) is 32.4 Å². The summed E-state index contributed by atoms with van der Waals surface area (Å²) in [6.45, 7) is 6.00. The second kappa shape index (κ2) is 9.54. The molecule has 25 heavy (non-hydrogen) atoms. The summed E-state index contributed by atoms with van der Waals surface area (Å²) in [5, 5.41) is 10.1. The smallest absolute Gasteiger partial charge is 0.314 e. The standard InChI is InChI=1S/C20H32O5/c1-7-9-10-11-14(8-2)20(3,19(21)22)15-12-16(23-4)18(25-6)17(13-15)24-5/h12-14H,7-11H2,1-6H3,(H,21,22). The lowest BCUT2D eigenvalue weighted by Gasteiger charge is -2.35. The van der Waals surface area contributed by atoms with E-state index < -0.39 is 11.4 Å². The van der Waals surface area contributed by atoms with Gasteiger partial charge in [-0.15, -0.1) is 0 Å². The first-order valence-corrected chi connectivity index (χ1v) is 8.94. The van der Waals surface area contributed by atoms with E-state index in [-0.39, 0.29) is 5.92 Å². The summed E-state index contributed by atoms with van der Waals surface area (Å²) in [7, 11) is 4.62. The first-order chi connectivity index (χ1) is 11.9. The third-order valence-electron chi connectivity index (χ3n) is 5.17. The van der Waals surface area contributed by atoms with Crippen molar-refractivity contribution < 1.29 is 24.1 Å². The number of hydrogen-bond acceptors (Lipinski definition) is 4. The fourth-order valence-corrected chi connectivity index (χ4v) is 3.46. The number of methoxy groups -OCH3 is 3. The predicted octanol–water partition coefficient (Wildman–Crippen LogP) is 4.66. The quantitative estimate of drug-likeness (QED) is 0.587. The maximum Gasteiger partial charge on any atom is 0.314 e. The molecule has 0 bridgehead atoms. The monoisotopic (exact) mass is 352 g/mol. The molecule has 0 saturated carbocycles. The Bertz CT molecular complexity index is 544. The number of benzene rings is 1. The van der Waals surface area contributed by atoms with Crippen molar-refractivity contribution in [1.29, 1.82) is 0 Å². The van der Waals surface area contributed by atoms with Crippen molar-refractivity contribution in [2.45, 2.75) is 58.3 Å². The van der Waals surface area contributed by atoms with Crippen LogP contribution < -0.4 is 14.2 Å². The van der Waals surface area contributed by atoms with E-state index in [2.05, 4.69) is 13.8 Å². The minimum atomic E-state index is -1.02. The Labute approximate surface area is 151 Å². The maximum atomic E-state index is 12.3. The van der Waals surface area contributed by atoms with Gasteiger partial charge in [-0.05, 0) is 37.0 Å². The Hall–Kier alpha value is -1.91. The summed E-state index contributed by atoms with van der Waals surface area (Å²) in [5.41, 5.74) is -0.340. The molecule has 2 unspecified atom stereocenters. The molecular weight excluding hydrogens is 320 g/mol. The summed E-state index contributed by atoms with van der Waals surface area (Å²) >= 11 is 0. The molecule has 0 fully saturated rings. The highest BCUT2D eigenvalue weighted by Gasteiger charge is 2.43. The number of aliphatic carboxylic acids is 1. The van der Waals surface area contributed by atoms with Gasteiger partial charge in [0.25, 0.3) is 0 Å². The van der Waals surface area contributed by atoms with E-state index in [0.717, 1.165) is 32.1 Å². The van der Waals surface area contributed by atoms with Crippen LogP contribution in [0.2, 0.25) is 0 Å². The Morgan fingerprint density at radius 1 is 1.08 bits per heavy atom. The van der Waals surface area contributed by atoms with E-state index in [1.807, 2.05) is 0 Å². The normalized spacial score (nSPS) is 14.5. The van der Waals surface area contributed by atoms with E-state index in [1.54, 1.807) is 19.1 Å². The molecule has 5 heteroatoms. The molecular formula is C20H32O5. The van der Waals surface area contributed by atoms with Gasteiger partial charge >= 0.3 is 5.97 Å². The van der Waals surface area contributed by atoms with Gasteiger partial charge in [0.1, 0.15) is 0 Å². The van der Waals surface area contributed by atoms with Gasteiger partial charge in [0.2, 0.25) is 5.75 Å². The van der Waals surface area contributed by atoms with Crippen molar-refractivity contribution in [3.63, 3.8) is 0 Å². The minimum absolute atomic E-state index is 0.0272. The number of ether oxygens (including phenoxy) is 3. The van der Waals surface area contributed by atoms with E-state index in [1.165, 1.54) is 21.3 Å². The Morgan fingerprint density at radius 2 is 1.64 bits per heavy atom. The van der Waals surface area contributed by atoms with Gasteiger partial charge in [0, 0.05) is 0 Å². The van der Waals surface area contributed by atoms with Gasteiger partial charge < -0.3 is 19.3 Å². The number of carboxylic acid groups (broad SMARTS) is 1. The molecule has 1 N–H and O–H groups in total. The lowest BCUT2D eigenvalue weighted by Crippen LogP contribution is -2.40. The van der Waals surface area contributed by atoms with Crippen molar-refractivity contribution in [1.82, 2.24) is 0 Å². The predicted molar refractivity (Wildman–Crippen MR) is 99.0 cm³/mol. The SMILES string of the molecule is CCCCCC(CC)C(C)(C(=O)O)c1cc(OC)c(OC)c(OC)c1. The van der Waals surface area contributed by atoms with Crippen molar-refractivity contribution in [2.75, 3.05) is 21.3 Å². The van der Waals surface area contributed by atoms with Crippen LogP contribution in [0.3, 0.4) is 0 Å². The van der Waals surface area contributed by atoms with E-state index in [4.69, 9.17) is 14.2 Å². The average Bonchev–Trinajstić information content (AvgIpc) is 2.63. The van der Waals surface area contributed by atoms with Crippen LogP contribution in [0.5, 0.6) is 17.2 Å². The van der Waals surface area contributed by atoms with Gasteiger partial charge in [0.15, 0.2) is 11.5 Å². The zero-order valence-corrected chi connectivity index (χ0v) is 16.3. The van der Waals surface area contributed by atoms with Crippen LogP contribution in [0.1, 0.15) is 58.4 Å². The number of hydrogen-bond donors (Lipinski definition) is 1. The highest BCUT2D eigenvalue weighted by molar-refractivity contribution is 5.82. The fourth-order valence-electron chi connectivity index (χ4n) is 3.46. The molecule has 142 valence electrons. The van der Waals surface area contributed by atoms with Crippen LogP contribution in [0, 0.1) is 5.92 Å². The second-order valence-electron chi connectivity index (χ2n) is 6.52. The van der Waals surface area contributed by atoms with E-state index in [9.17, 15) is 9.90 Å². The van der Waals surface area contributed by atoms with Crippen LogP contribution >= 0.6 is 0 Å². The number of carbonyl (C=O) groups is 1. The van der Waals surface area contributed by atoms with Crippen molar-refractivity contribution in [2.24, 2.45) is 5.92 Å². The lowest BCUT2D eigenvalue weighted by atomic mass is 9.68.